The molecular weight excluding hydrogens is 194 g/mol. The molecule has 0 atom stereocenters. The normalized spacial score (nSPS) is 28.1. The maximum absolute atomic E-state index is 3.40. The largest absolute Gasteiger partial charge is 0.314 e. The van der Waals surface area contributed by atoms with E-state index in [9.17, 15) is 0 Å². The van der Waals surface area contributed by atoms with Gasteiger partial charge in [0.05, 0.1) is 0 Å². The van der Waals surface area contributed by atoms with Gasteiger partial charge in [-0.05, 0) is 33.0 Å². The molecule has 4 heteroatoms. The minimum absolute atomic E-state index is 0.879. The highest BCUT2D eigenvalue weighted by atomic mass is 32.2. The molecular formula is C10H21N3S. The van der Waals surface area contributed by atoms with Crippen LogP contribution in [-0.4, -0.2) is 60.8 Å². The van der Waals surface area contributed by atoms with E-state index in [-0.39, 0.29) is 0 Å². The average molecular weight is 215 g/mol. The second-order valence-electron chi connectivity index (χ2n) is 4.29. The summed E-state index contributed by atoms with van der Waals surface area (Å²) in [5, 5.41) is 4.27. The zero-order valence-corrected chi connectivity index (χ0v) is 9.85. The Labute approximate surface area is 91.3 Å². The van der Waals surface area contributed by atoms with E-state index in [1.807, 2.05) is 0 Å². The number of nitrogens with zero attached hydrogens (tertiary/aromatic N) is 2. The highest BCUT2D eigenvalue weighted by Crippen LogP contribution is 2.25. The fourth-order valence-electron chi connectivity index (χ4n) is 2.05. The van der Waals surface area contributed by atoms with Crippen molar-refractivity contribution in [3.8, 4) is 0 Å². The van der Waals surface area contributed by atoms with Gasteiger partial charge in [-0.25, -0.2) is 4.31 Å². The third-order valence-electron chi connectivity index (χ3n) is 3.04. The molecule has 14 heavy (non-hydrogen) atoms. The third-order valence-corrected chi connectivity index (χ3v) is 4.47. The molecule has 0 aromatic heterocycles. The van der Waals surface area contributed by atoms with Gasteiger partial charge in [0.25, 0.3) is 0 Å². The SMILES string of the molecule is CN1CCC(SN2CCNCC2)CC1. The molecule has 3 nitrogen and oxygen atoms in total. The first-order valence-corrected chi connectivity index (χ1v) is 6.49. The summed E-state index contributed by atoms with van der Waals surface area (Å²) in [6.45, 7) is 7.33. The van der Waals surface area contributed by atoms with Crippen LogP contribution in [0.5, 0.6) is 0 Å². The van der Waals surface area contributed by atoms with Crippen molar-refractivity contribution in [1.29, 1.82) is 0 Å². The molecule has 0 bridgehead atoms. The molecule has 0 unspecified atom stereocenters. The summed E-state index contributed by atoms with van der Waals surface area (Å²) in [4.78, 5) is 2.44. The fourth-order valence-corrected chi connectivity index (χ4v) is 3.29. The molecule has 2 rings (SSSR count). The molecule has 2 saturated heterocycles. The van der Waals surface area contributed by atoms with Gasteiger partial charge in [-0.1, -0.05) is 11.9 Å². The van der Waals surface area contributed by atoms with Crippen LogP contribution in [0.15, 0.2) is 0 Å². The lowest BCUT2D eigenvalue weighted by atomic mass is 10.1. The van der Waals surface area contributed by atoms with Crippen LogP contribution in [0.4, 0.5) is 0 Å². The fraction of sp³-hybridized carbons (Fsp3) is 1.00. The molecule has 2 heterocycles. The Morgan fingerprint density at radius 3 is 2.36 bits per heavy atom. The van der Waals surface area contributed by atoms with Crippen LogP contribution in [0.2, 0.25) is 0 Å². The molecule has 2 aliphatic heterocycles. The van der Waals surface area contributed by atoms with E-state index >= 15 is 0 Å². The van der Waals surface area contributed by atoms with Crippen molar-refractivity contribution in [1.82, 2.24) is 14.5 Å². The molecule has 0 aromatic carbocycles. The Morgan fingerprint density at radius 1 is 1.07 bits per heavy atom. The van der Waals surface area contributed by atoms with E-state index < -0.39 is 0 Å². The first kappa shape index (κ1) is 10.7. The Hall–Kier alpha value is 0.230. The molecule has 0 aromatic rings. The van der Waals surface area contributed by atoms with Gasteiger partial charge >= 0.3 is 0 Å². The van der Waals surface area contributed by atoms with E-state index in [1.54, 1.807) is 0 Å². The van der Waals surface area contributed by atoms with Gasteiger partial charge in [0.2, 0.25) is 0 Å². The Balaban J connectivity index is 1.68. The van der Waals surface area contributed by atoms with Crippen LogP contribution in [0.3, 0.4) is 0 Å². The predicted molar refractivity (Wildman–Crippen MR) is 62.6 cm³/mol. The van der Waals surface area contributed by atoms with Crippen molar-refractivity contribution in [2.24, 2.45) is 0 Å². The van der Waals surface area contributed by atoms with E-state index in [1.165, 1.54) is 52.1 Å². The summed E-state index contributed by atoms with van der Waals surface area (Å²) in [5.41, 5.74) is 0. The van der Waals surface area contributed by atoms with Crippen LogP contribution in [0.25, 0.3) is 0 Å². The summed E-state index contributed by atoms with van der Waals surface area (Å²) in [6.07, 6.45) is 2.73. The van der Waals surface area contributed by atoms with Crippen LogP contribution in [0, 0.1) is 0 Å². The number of hydrogen-bond donors (Lipinski definition) is 1. The van der Waals surface area contributed by atoms with Crippen LogP contribution >= 0.6 is 11.9 Å². The number of likely N-dealkylation sites (tertiary alicyclic amines) is 1. The van der Waals surface area contributed by atoms with E-state index in [0.717, 1.165) is 5.25 Å². The van der Waals surface area contributed by atoms with Crippen molar-refractivity contribution in [2.75, 3.05) is 46.3 Å². The van der Waals surface area contributed by atoms with Gasteiger partial charge in [0.15, 0.2) is 0 Å². The minimum Gasteiger partial charge on any atom is -0.314 e. The van der Waals surface area contributed by atoms with Gasteiger partial charge < -0.3 is 10.2 Å². The number of hydrogen-bond acceptors (Lipinski definition) is 4. The van der Waals surface area contributed by atoms with Crippen molar-refractivity contribution in [2.45, 2.75) is 18.1 Å². The van der Waals surface area contributed by atoms with Gasteiger partial charge in [-0.3, -0.25) is 0 Å². The number of nitrogens with one attached hydrogen (secondary N) is 1. The maximum atomic E-state index is 3.40. The van der Waals surface area contributed by atoms with Crippen LogP contribution < -0.4 is 5.32 Å². The van der Waals surface area contributed by atoms with E-state index in [4.69, 9.17) is 0 Å². The quantitative estimate of drug-likeness (QED) is 0.681. The van der Waals surface area contributed by atoms with Crippen LogP contribution in [-0.2, 0) is 0 Å². The third kappa shape index (κ3) is 3.12. The first-order chi connectivity index (χ1) is 6.84. The lowest BCUT2D eigenvalue weighted by molar-refractivity contribution is 0.279. The second kappa shape index (κ2) is 5.35. The monoisotopic (exact) mass is 215 g/mol. The zero-order chi connectivity index (χ0) is 9.80. The van der Waals surface area contributed by atoms with Crippen molar-refractivity contribution >= 4 is 11.9 Å². The molecule has 2 aliphatic rings. The molecule has 1 N–H and O–H groups in total. The van der Waals surface area contributed by atoms with E-state index in [0.29, 0.717) is 0 Å². The lowest BCUT2D eigenvalue weighted by Crippen LogP contribution is -2.42. The average Bonchev–Trinajstić information content (AvgIpc) is 2.23. The maximum Gasteiger partial charge on any atom is 0.0219 e. The summed E-state index contributed by atoms with van der Waals surface area (Å²) in [6, 6.07) is 0. The zero-order valence-electron chi connectivity index (χ0n) is 9.04. The molecule has 0 radical (unpaired) electrons. The summed E-state index contributed by atoms with van der Waals surface area (Å²) in [7, 11) is 2.23. The predicted octanol–water partition coefficient (Wildman–Crippen LogP) is 0.634. The molecule has 0 saturated carbocycles. The number of rotatable bonds is 2. The molecule has 2 fully saturated rings. The number of piperazine rings is 1. The minimum atomic E-state index is 0.879. The van der Waals surface area contributed by atoms with Crippen molar-refractivity contribution in [3.63, 3.8) is 0 Å². The van der Waals surface area contributed by atoms with Gasteiger partial charge in [0, 0.05) is 31.4 Å². The topological polar surface area (TPSA) is 18.5 Å². The molecule has 0 amide bonds. The van der Waals surface area contributed by atoms with Crippen LogP contribution in [0.1, 0.15) is 12.8 Å². The van der Waals surface area contributed by atoms with Crippen molar-refractivity contribution in [3.05, 3.63) is 0 Å². The molecule has 0 aliphatic carbocycles. The van der Waals surface area contributed by atoms with Gasteiger partial charge in [-0.2, -0.15) is 0 Å². The summed E-state index contributed by atoms with van der Waals surface area (Å²) < 4.78 is 2.55. The summed E-state index contributed by atoms with van der Waals surface area (Å²) in [5.74, 6) is 0. The Bertz CT molecular complexity index is 163. The molecule has 82 valence electrons. The van der Waals surface area contributed by atoms with Gasteiger partial charge in [0.1, 0.15) is 0 Å². The standard InChI is InChI=1S/C10H21N3S/c1-12-6-2-10(3-7-12)14-13-8-4-11-5-9-13/h10-11H,2-9H2,1H3. The lowest BCUT2D eigenvalue weighted by Gasteiger charge is -2.34. The smallest absolute Gasteiger partial charge is 0.0219 e. The van der Waals surface area contributed by atoms with E-state index in [2.05, 4.69) is 33.5 Å². The molecule has 0 spiro atoms. The summed E-state index contributed by atoms with van der Waals surface area (Å²) >= 11 is 2.11. The number of piperidine rings is 1. The van der Waals surface area contributed by atoms with Gasteiger partial charge in [-0.15, -0.1) is 0 Å². The Kier molecular flexibility index (Phi) is 4.10. The second-order valence-corrected chi connectivity index (χ2v) is 5.68. The highest BCUT2D eigenvalue weighted by Gasteiger charge is 2.20. The first-order valence-electron chi connectivity index (χ1n) is 5.65. The van der Waals surface area contributed by atoms with Crippen molar-refractivity contribution < 1.29 is 0 Å². The highest BCUT2D eigenvalue weighted by molar-refractivity contribution is 7.97. The Morgan fingerprint density at radius 2 is 1.71 bits per heavy atom.